The van der Waals surface area contributed by atoms with Crippen molar-refractivity contribution in [1.29, 1.82) is 0 Å². The zero-order chi connectivity index (χ0) is 31.7. The van der Waals surface area contributed by atoms with Crippen LogP contribution in [0.1, 0.15) is 22.3 Å². The Bertz CT molecular complexity index is 2510. The molecule has 4 heteroatoms. The Hall–Kier alpha value is -6.39. The normalized spacial score (nSPS) is 13.3. The average Bonchev–Trinajstić information content (AvgIpc) is 3.46. The molecule has 48 heavy (non-hydrogen) atoms. The number of hydrogen-bond donors (Lipinski definition) is 0. The van der Waals surface area contributed by atoms with Crippen LogP contribution < -0.4 is 4.74 Å². The van der Waals surface area contributed by atoms with Gasteiger partial charge in [0, 0.05) is 27.8 Å². The first-order chi connectivity index (χ1) is 23.8. The van der Waals surface area contributed by atoms with Crippen LogP contribution >= 0.6 is 0 Å². The number of hydrogen-bond acceptors (Lipinski definition) is 4. The third kappa shape index (κ3) is 3.68. The van der Waals surface area contributed by atoms with Crippen LogP contribution in [0.25, 0.3) is 55.8 Å². The molecule has 0 bridgehead atoms. The first kappa shape index (κ1) is 26.8. The summed E-state index contributed by atoms with van der Waals surface area (Å²) in [5, 5.41) is 12.1. The molecule has 0 fully saturated rings. The van der Waals surface area contributed by atoms with E-state index in [1.165, 1.54) is 11.1 Å². The van der Waals surface area contributed by atoms with Crippen LogP contribution in [0.15, 0.2) is 164 Å². The fraction of sp³-hybridized carbons (Fsp3) is 0.0227. The number of rotatable bonds is 3. The molecule has 1 spiro atoms. The molecule has 1 aliphatic carbocycles. The van der Waals surface area contributed by atoms with Gasteiger partial charge in [-0.15, -0.1) is 10.2 Å². The first-order valence-corrected chi connectivity index (χ1v) is 16.2. The molecule has 1 aliphatic heterocycles. The van der Waals surface area contributed by atoms with E-state index < -0.39 is 5.41 Å². The zero-order valence-corrected chi connectivity index (χ0v) is 25.8. The predicted octanol–water partition coefficient (Wildman–Crippen LogP) is 10.5. The molecule has 4 nitrogen and oxygen atoms in total. The van der Waals surface area contributed by atoms with Gasteiger partial charge < -0.3 is 4.74 Å². The summed E-state index contributed by atoms with van der Waals surface area (Å²) in [4.78, 5) is 5.41. The molecule has 224 valence electrons. The average molecular weight is 614 g/mol. The maximum Gasteiger partial charge on any atom is 0.183 e. The molecule has 0 N–H and O–H groups in total. The van der Waals surface area contributed by atoms with E-state index in [-0.39, 0.29) is 0 Å². The monoisotopic (exact) mass is 613 g/mol. The van der Waals surface area contributed by atoms with Gasteiger partial charge in [0.15, 0.2) is 5.82 Å². The molecule has 7 aromatic carbocycles. The number of fused-ring (bicyclic) bond motifs is 10. The molecule has 0 radical (unpaired) electrons. The molecule has 0 atom stereocenters. The lowest BCUT2D eigenvalue weighted by Gasteiger charge is -2.39. The third-order valence-electron chi connectivity index (χ3n) is 9.89. The van der Waals surface area contributed by atoms with Crippen LogP contribution in [0.5, 0.6) is 11.5 Å². The smallest absolute Gasteiger partial charge is 0.183 e. The Morgan fingerprint density at radius 3 is 1.81 bits per heavy atom. The van der Waals surface area contributed by atoms with Gasteiger partial charge >= 0.3 is 0 Å². The standard InChI is InChI=1S/C44H27N3O/c1-2-15-29(16-3-1)41-42(31-20-12-17-28-14-4-5-18-30(28)31)45-43(47-46-41)33-21-13-25-37-40(33)32-19-6-7-22-34(32)44(37)35-23-8-10-26-38(35)48-39-27-11-9-24-36(39)44/h1-27H. The van der Waals surface area contributed by atoms with Gasteiger partial charge in [-0.2, -0.15) is 0 Å². The Morgan fingerprint density at radius 1 is 0.417 bits per heavy atom. The number of para-hydroxylation sites is 2. The minimum Gasteiger partial charge on any atom is -0.457 e. The summed E-state index contributed by atoms with van der Waals surface area (Å²) in [6.07, 6.45) is 0. The highest BCUT2D eigenvalue weighted by atomic mass is 16.5. The van der Waals surface area contributed by atoms with E-state index in [0.29, 0.717) is 5.82 Å². The lowest BCUT2D eigenvalue weighted by molar-refractivity contribution is 0.436. The highest BCUT2D eigenvalue weighted by molar-refractivity contribution is 6.00. The summed E-state index contributed by atoms with van der Waals surface area (Å²) in [7, 11) is 0. The summed E-state index contributed by atoms with van der Waals surface area (Å²) in [5.41, 5.74) is 10.9. The van der Waals surface area contributed by atoms with E-state index in [1.54, 1.807) is 0 Å². The van der Waals surface area contributed by atoms with Crippen LogP contribution in [0.3, 0.4) is 0 Å². The molecule has 0 unspecified atom stereocenters. The van der Waals surface area contributed by atoms with Gasteiger partial charge in [-0.05, 0) is 45.2 Å². The second-order valence-electron chi connectivity index (χ2n) is 12.3. The lowest BCUT2D eigenvalue weighted by Crippen LogP contribution is -2.32. The van der Waals surface area contributed by atoms with Gasteiger partial charge in [0.25, 0.3) is 0 Å². The Balaban J connectivity index is 1.28. The van der Waals surface area contributed by atoms with Crippen LogP contribution in [0.4, 0.5) is 0 Å². The predicted molar refractivity (Wildman–Crippen MR) is 191 cm³/mol. The molecule has 0 amide bonds. The quantitative estimate of drug-likeness (QED) is 0.199. The first-order valence-electron chi connectivity index (χ1n) is 16.2. The third-order valence-corrected chi connectivity index (χ3v) is 9.89. The van der Waals surface area contributed by atoms with Crippen molar-refractivity contribution in [2.45, 2.75) is 5.41 Å². The van der Waals surface area contributed by atoms with E-state index in [2.05, 4.69) is 133 Å². The van der Waals surface area contributed by atoms with Crippen molar-refractivity contribution in [3.63, 3.8) is 0 Å². The lowest BCUT2D eigenvalue weighted by atomic mass is 9.66. The fourth-order valence-corrected chi connectivity index (χ4v) is 7.94. The van der Waals surface area contributed by atoms with Gasteiger partial charge in [-0.3, -0.25) is 0 Å². The molecule has 0 saturated carbocycles. The van der Waals surface area contributed by atoms with Gasteiger partial charge in [-0.25, -0.2) is 4.98 Å². The topological polar surface area (TPSA) is 47.9 Å². The molecule has 0 saturated heterocycles. The van der Waals surface area contributed by atoms with Crippen molar-refractivity contribution in [1.82, 2.24) is 15.2 Å². The van der Waals surface area contributed by atoms with Crippen LogP contribution in [0.2, 0.25) is 0 Å². The fourth-order valence-electron chi connectivity index (χ4n) is 7.94. The molecule has 2 heterocycles. The van der Waals surface area contributed by atoms with Crippen LogP contribution in [0, 0.1) is 0 Å². The van der Waals surface area contributed by atoms with Crippen molar-refractivity contribution in [2.75, 3.05) is 0 Å². The van der Waals surface area contributed by atoms with Crippen LogP contribution in [-0.4, -0.2) is 15.2 Å². The number of nitrogens with zero attached hydrogens (tertiary/aromatic N) is 3. The van der Waals surface area contributed by atoms with Crippen molar-refractivity contribution in [3.05, 3.63) is 186 Å². The van der Waals surface area contributed by atoms with E-state index in [9.17, 15) is 0 Å². The SMILES string of the molecule is c1ccc(-c2nnc(-c3cccc4c3-c3ccccc3C43c4ccccc4Oc4ccccc43)nc2-c2cccc3ccccc23)cc1. The Morgan fingerprint density at radius 2 is 1.00 bits per heavy atom. The molecule has 8 aromatic rings. The van der Waals surface area contributed by atoms with Crippen molar-refractivity contribution in [3.8, 4) is 56.5 Å². The maximum atomic E-state index is 6.53. The van der Waals surface area contributed by atoms with Gasteiger partial charge in [0.1, 0.15) is 22.9 Å². The maximum absolute atomic E-state index is 6.53. The highest BCUT2D eigenvalue weighted by Gasteiger charge is 2.51. The summed E-state index contributed by atoms with van der Waals surface area (Å²) in [5.74, 6) is 2.33. The van der Waals surface area contributed by atoms with E-state index >= 15 is 0 Å². The van der Waals surface area contributed by atoms with Gasteiger partial charge in [-0.1, -0.05) is 152 Å². The summed E-state index contributed by atoms with van der Waals surface area (Å²) in [6, 6.07) is 57.1. The number of aromatic nitrogens is 3. The molecular weight excluding hydrogens is 587 g/mol. The molecule has 1 aromatic heterocycles. The van der Waals surface area contributed by atoms with E-state index in [4.69, 9.17) is 19.9 Å². The Kier molecular flexibility index (Phi) is 5.75. The van der Waals surface area contributed by atoms with E-state index in [1.807, 2.05) is 30.3 Å². The number of ether oxygens (including phenoxy) is 1. The van der Waals surface area contributed by atoms with Crippen molar-refractivity contribution < 1.29 is 4.74 Å². The zero-order valence-electron chi connectivity index (χ0n) is 25.8. The second kappa shape index (κ2) is 10.3. The minimum atomic E-state index is -0.566. The minimum absolute atomic E-state index is 0.566. The highest BCUT2D eigenvalue weighted by Crippen LogP contribution is 2.63. The van der Waals surface area contributed by atoms with Crippen molar-refractivity contribution >= 4 is 10.8 Å². The number of benzene rings is 7. The van der Waals surface area contributed by atoms with E-state index in [0.717, 1.165) is 72.6 Å². The largest absolute Gasteiger partial charge is 0.457 e. The van der Waals surface area contributed by atoms with Gasteiger partial charge in [0.2, 0.25) is 0 Å². The summed E-state index contributed by atoms with van der Waals surface area (Å²) >= 11 is 0. The molecule has 10 rings (SSSR count). The molecular formula is C44H27N3O. The van der Waals surface area contributed by atoms with Crippen LogP contribution in [-0.2, 0) is 5.41 Å². The van der Waals surface area contributed by atoms with Crippen molar-refractivity contribution in [2.24, 2.45) is 0 Å². The van der Waals surface area contributed by atoms with Gasteiger partial charge in [0.05, 0.1) is 5.41 Å². The summed E-state index contributed by atoms with van der Waals surface area (Å²) < 4.78 is 6.53. The second-order valence-corrected chi connectivity index (χ2v) is 12.3. The Labute approximate surface area is 278 Å². The summed E-state index contributed by atoms with van der Waals surface area (Å²) in [6.45, 7) is 0. The molecule has 2 aliphatic rings.